The first kappa shape index (κ1) is 38.6. The number of para-hydroxylation sites is 1. The second-order valence-corrected chi connectivity index (χ2v) is 16.6. The molecule has 4 N–H and O–H groups in total. The molecule has 8 rings (SSSR count). The van der Waals surface area contributed by atoms with E-state index in [1.54, 1.807) is 13.2 Å². The van der Waals surface area contributed by atoms with Crippen molar-refractivity contribution in [1.82, 2.24) is 19.9 Å². The fraction of sp³-hybridized carbons (Fsp3) is 0.273. The summed E-state index contributed by atoms with van der Waals surface area (Å²) >= 11 is 0. The van der Waals surface area contributed by atoms with Crippen LogP contribution in [-0.2, 0) is 37.2 Å². The molecule has 3 heterocycles. The number of pyridine rings is 1. The molecule has 2 bridgehead atoms. The van der Waals surface area contributed by atoms with Crippen LogP contribution >= 0.6 is 0 Å². The number of hydrogen-bond donors (Lipinski definition) is 4. The molecule has 14 heteroatoms. The van der Waals surface area contributed by atoms with Crippen molar-refractivity contribution in [3.63, 3.8) is 0 Å². The Hall–Kier alpha value is -6.25. The van der Waals surface area contributed by atoms with Crippen LogP contribution in [0.3, 0.4) is 0 Å². The van der Waals surface area contributed by atoms with E-state index in [1.807, 2.05) is 78.9 Å². The van der Waals surface area contributed by atoms with Gasteiger partial charge in [-0.25, -0.2) is 18.1 Å². The van der Waals surface area contributed by atoms with Crippen molar-refractivity contribution in [1.29, 1.82) is 0 Å². The standard InChI is InChI=1S/C44H43N5O8S/c1-3-30-25-44(30)43(53)48-58(54,55)39-15-8-7-14-34(39)46-40(50)21-28-11-9-10-27(20-28)16-19-41(51)49-26-32(23-37(49)42(52)47-44)57-38-24-35(29-12-5-4-6-13-29)45-36-22-31(56-2)17-18-33(36)38/h3-15,17-18,20,22,24,30,32,37,40,46,50H,1,16,19,21,23,25-26H2,2H3,(H,47,52)(H,48,53)/t30-,32-,37+,40?,44-/m1/s1. The van der Waals surface area contributed by atoms with Crippen molar-refractivity contribution < 1.29 is 37.4 Å². The van der Waals surface area contributed by atoms with Crippen LogP contribution in [0.1, 0.15) is 30.4 Å². The highest BCUT2D eigenvalue weighted by molar-refractivity contribution is 7.90. The van der Waals surface area contributed by atoms with Crippen LogP contribution < -0.4 is 24.8 Å². The largest absolute Gasteiger partial charge is 0.497 e. The predicted molar refractivity (Wildman–Crippen MR) is 217 cm³/mol. The third-order valence-corrected chi connectivity index (χ3v) is 12.4. The number of methoxy groups -OCH3 is 1. The van der Waals surface area contributed by atoms with E-state index in [-0.39, 0.29) is 48.7 Å². The monoisotopic (exact) mass is 801 g/mol. The Kier molecular flexibility index (Phi) is 10.4. The van der Waals surface area contributed by atoms with Gasteiger partial charge in [0.15, 0.2) is 0 Å². The molecule has 1 spiro atoms. The van der Waals surface area contributed by atoms with Gasteiger partial charge in [-0.3, -0.25) is 14.4 Å². The van der Waals surface area contributed by atoms with Gasteiger partial charge in [-0.15, -0.1) is 6.58 Å². The van der Waals surface area contributed by atoms with E-state index in [0.29, 0.717) is 34.5 Å². The maximum absolute atomic E-state index is 14.4. The minimum absolute atomic E-state index is 0.0728. The average molecular weight is 802 g/mol. The summed E-state index contributed by atoms with van der Waals surface area (Å²) in [5.74, 6) is -1.29. The van der Waals surface area contributed by atoms with Gasteiger partial charge >= 0.3 is 0 Å². The molecule has 1 aromatic heterocycles. The van der Waals surface area contributed by atoms with E-state index in [9.17, 15) is 27.9 Å². The number of ether oxygens (including phenoxy) is 2. The predicted octanol–water partition coefficient (Wildman–Crippen LogP) is 4.74. The van der Waals surface area contributed by atoms with Crippen molar-refractivity contribution in [3.8, 4) is 22.8 Å². The zero-order valence-corrected chi connectivity index (χ0v) is 32.6. The summed E-state index contributed by atoms with van der Waals surface area (Å²) in [6.07, 6.45) is 0.434. The first-order chi connectivity index (χ1) is 28.0. The third kappa shape index (κ3) is 7.72. The molecule has 0 radical (unpaired) electrons. The van der Waals surface area contributed by atoms with Crippen LogP contribution in [0.2, 0.25) is 0 Å². The molecule has 1 unspecified atom stereocenters. The second-order valence-electron chi connectivity index (χ2n) is 14.9. The number of fused-ring (bicyclic) bond motifs is 5. The van der Waals surface area contributed by atoms with Crippen molar-refractivity contribution in [3.05, 3.63) is 127 Å². The SMILES string of the molecule is C=C[C@@H]1C[C@@]12NC(=O)[C@@H]1C[C@@H](Oc3cc(-c4ccccc4)nc4cc(OC)ccc34)CN1C(=O)CCc1cccc(c1)CC(O)Nc1ccccc1S(=O)(=O)NC2=O. The highest BCUT2D eigenvalue weighted by Gasteiger charge is 2.61. The molecule has 5 atom stereocenters. The van der Waals surface area contributed by atoms with Crippen LogP contribution in [-0.4, -0.2) is 78.7 Å². The molecular formula is C44H43N5O8S. The van der Waals surface area contributed by atoms with Gasteiger partial charge in [0.05, 0.1) is 30.6 Å². The number of anilines is 1. The zero-order chi connectivity index (χ0) is 40.6. The molecule has 3 amide bonds. The summed E-state index contributed by atoms with van der Waals surface area (Å²) in [4.78, 5) is 48.7. The number of rotatable bonds is 5. The molecule has 298 valence electrons. The van der Waals surface area contributed by atoms with Crippen LogP contribution in [0.5, 0.6) is 11.5 Å². The van der Waals surface area contributed by atoms with E-state index in [4.69, 9.17) is 14.5 Å². The molecule has 13 nitrogen and oxygen atoms in total. The number of aryl methyl sites for hydroxylation is 1. The molecule has 1 saturated carbocycles. The lowest BCUT2D eigenvalue weighted by Gasteiger charge is -2.26. The van der Waals surface area contributed by atoms with E-state index in [2.05, 4.69) is 21.9 Å². The summed E-state index contributed by atoms with van der Waals surface area (Å²) in [5.41, 5.74) is 2.23. The Morgan fingerprint density at radius 2 is 1.71 bits per heavy atom. The highest BCUT2D eigenvalue weighted by Crippen LogP contribution is 2.45. The van der Waals surface area contributed by atoms with Gasteiger partial charge in [0.2, 0.25) is 11.8 Å². The fourth-order valence-electron chi connectivity index (χ4n) is 7.93. The van der Waals surface area contributed by atoms with Crippen molar-refractivity contribution >= 4 is 44.3 Å². The maximum atomic E-state index is 14.4. The van der Waals surface area contributed by atoms with Gasteiger partial charge in [0, 0.05) is 48.3 Å². The van der Waals surface area contributed by atoms with Crippen LogP contribution in [0.25, 0.3) is 22.2 Å². The third-order valence-electron chi connectivity index (χ3n) is 11.1. The maximum Gasteiger partial charge on any atom is 0.266 e. The van der Waals surface area contributed by atoms with Gasteiger partial charge in [-0.05, 0) is 48.2 Å². The smallest absolute Gasteiger partial charge is 0.266 e. The molecule has 3 aliphatic rings. The first-order valence-corrected chi connectivity index (χ1v) is 20.6. The number of aromatic nitrogens is 1. The van der Waals surface area contributed by atoms with Gasteiger partial charge < -0.3 is 30.1 Å². The van der Waals surface area contributed by atoms with Crippen molar-refractivity contribution in [2.75, 3.05) is 19.0 Å². The quantitative estimate of drug-likeness (QED) is 0.182. The molecule has 4 aromatic carbocycles. The Morgan fingerprint density at radius 1 is 0.931 bits per heavy atom. The van der Waals surface area contributed by atoms with Gasteiger partial charge in [-0.2, -0.15) is 0 Å². The fourth-order valence-corrected chi connectivity index (χ4v) is 9.14. The number of amides is 3. The summed E-state index contributed by atoms with van der Waals surface area (Å²) in [6.45, 7) is 3.89. The number of carbonyl (C=O) groups excluding carboxylic acids is 3. The lowest BCUT2D eigenvalue weighted by Crippen LogP contribution is -2.56. The minimum atomic E-state index is -4.50. The Bertz CT molecular complexity index is 2530. The Labute approximate surface area is 336 Å². The number of aliphatic hydroxyl groups is 1. The zero-order valence-electron chi connectivity index (χ0n) is 31.8. The molecule has 1 aliphatic carbocycles. The Morgan fingerprint density at radius 3 is 2.48 bits per heavy atom. The molecule has 1 saturated heterocycles. The topological polar surface area (TPSA) is 176 Å². The second kappa shape index (κ2) is 15.6. The number of carbonyl (C=O) groups is 3. The number of nitrogens with one attached hydrogen (secondary N) is 3. The molecule has 5 aromatic rings. The first-order valence-electron chi connectivity index (χ1n) is 19.1. The number of nitrogens with zero attached hydrogens (tertiary/aromatic N) is 2. The molecule has 2 fully saturated rings. The summed E-state index contributed by atoms with van der Waals surface area (Å²) in [5, 5.41) is 17.4. The average Bonchev–Trinajstić information content (AvgIpc) is 3.78. The Balaban J connectivity index is 1.14. The lowest BCUT2D eigenvalue weighted by atomic mass is 10.0. The summed E-state index contributed by atoms with van der Waals surface area (Å²) in [7, 11) is -2.93. The number of benzene rings is 4. The van der Waals surface area contributed by atoms with Crippen LogP contribution in [0.4, 0.5) is 5.69 Å². The van der Waals surface area contributed by atoms with E-state index < -0.39 is 51.7 Å². The lowest BCUT2D eigenvalue weighted by molar-refractivity contribution is -0.139. The molecule has 58 heavy (non-hydrogen) atoms. The highest BCUT2D eigenvalue weighted by atomic mass is 32.2. The van der Waals surface area contributed by atoms with E-state index >= 15 is 0 Å². The van der Waals surface area contributed by atoms with E-state index in [0.717, 1.165) is 16.7 Å². The summed E-state index contributed by atoms with van der Waals surface area (Å²) < 4.78 is 41.9. The van der Waals surface area contributed by atoms with Gasteiger partial charge in [0.25, 0.3) is 15.9 Å². The van der Waals surface area contributed by atoms with Gasteiger partial charge in [-0.1, -0.05) is 72.8 Å². The normalized spacial score (nSPS) is 24.5. The number of hydrogen-bond acceptors (Lipinski definition) is 10. The number of sulfonamides is 1. The summed E-state index contributed by atoms with van der Waals surface area (Å²) in [6, 6.07) is 29.3. The number of aliphatic hydroxyl groups excluding tert-OH is 1. The molecule has 2 aliphatic heterocycles. The van der Waals surface area contributed by atoms with Crippen LogP contribution in [0, 0.1) is 5.92 Å². The molecular weight excluding hydrogens is 759 g/mol. The van der Waals surface area contributed by atoms with Crippen LogP contribution in [0.15, 0.2) is 121 Å². The minimum Gasteiger partial charge on any atom is -0.497 e. The van der Waals surface area contributed by atoms with E-state index in [1.165, 1.54) is 29.2 Å². The van der Waals surface area contributed by atoms with Crippen molar-refractivity contribution in [2.24, 2.45) is 5.92 Å². The van der Waals surface area contributed by atoms with Crippen molar-refractivity contribution in [2.45, 2.75) is 60.9 Å². The van der Waals surface area contributed by atoms with Gasteiger partial charge in [0.1, 0.15) is 40.3 Å².